The molecule has 0 amide bonds. The van der Waals surface area contributed by atoms with E-state index in [2.05, 4.69) is 44.3 Å². The second-order valence-corrected chi connectivity index (χ2v) is 5.04. The molecule has 0 saturated carbocycles. The van der Waals surface area contributed by atoms with Crippen molar-refractivity contribution in [2.24, 2.45) is 5.92 Å². The summed E-state index contributed by atoms with van der Waals surface area (Å²) in [5.41, 5.74) is 2.34. The van der Waals surface area contributed by atoms with Crippen LogP contribution in [-0.2, 0) is 0 Å². The van der Waals surface area contributed by atoms with Crippen LogP contribution in [0.2, 0.25) is 0 Å². The van der Waals surface area contributed by atoms with E-state index in [1.165, 1.54) is 0 Å². The predicted octanol–water partition coefficient (Wildman–Crippen LogP) is 0.801. The van der Waals surface area contributed by atoms with Crippen molar-refractivity contribution in [3.63, 3.8) is 0 Å². The summed E-state index contributed by atoms with van der Waals surface area (Å²) in [5.74, 6) is 0.720. The van der Waals surface area contributed by atoms with Crippen LogP contribution in [0.15, 0.2) is 11.8 Å². The Bertz CT molecular complexity index is 86.9. The molecule has 54 valence electrons. The zero-order valence-corrected chi connectivity index (χ0v) is 8.30. The topological polar surface area (TPSA) is 3.24 Å². The summed E-state index contributed by atoms with van der Waals surface area (Å²) in [6.45, 7) is 4.42. The fourth-order valence-corrected chi connectivity index (χ4v) is 1.63. The Hall–Kier alpha value is -0.0831. The second-order valence-electron chi connectivity index (χ2n) is 2.93. The highest BCUT2D eigenvalue weighted by Gasteiger charge is 1.85. The van der Waals surface area contributed by atoms with Crippen molar-refractivity contribution in [3.8, 4) is 0 Å². The maximum absolute atomic E-state index is 2.34. The monoisotopic (exact) mass is 143 g/mol. The van der Waals surface area contributed by atoms with E-state index in [0.717, 1.165) is 5.92 Å². The third-order valence-corrected chi connectivity index (χ3v) is 2.20. The van der Waals surface area contributed by atoms with Crippen LogP contribution >= 0.6 is 0 Å². The Morgan fingerprint density at radius 3 is 2.22 bits per heavy atom. The first-order valence-corrected chi connectivity index (χ1v) is 4.89. The SMILES string of the molecule is CC(C)C=C[SiH2]N(C)C. The van der Waals surface area contributed by atoms with Crippen LogP contribution in [0.4, 0.5) is 0 Å². The average molecular weight is 143 g/mol. The predicted molar refractivity (Wildman–Crippen MR) is 46.2 cm³/mol. The molecule has 0 spiro atoms. The summed E-state index contributed by atoms with van der Waals surface area (Å²) in [6, 6.07) is 0. The van der Waals surface area contributed by atoms with Gasteiger partial charge < -0.3 is 4.57 Å². The van der Waals surface area contributed by atoms with Crippen molar-refractivity contribution in [3.05, 3.63) is 11.8 Å². The fourth-order valence-electron chi connectivity index (χ4n) is 0.544. The second kappa shape index (κ2) is 4.76. The smallest absolute Gasteiger partial charge is 0.118 e. The van der Waals surface area contributed by atoms with Crippen molar-refractivity contribution in [2.45, 2.75) is 13.8 Å². The average Bonchev–Trinajstić information content (AvgIpc) is 1.63. The largest absolute Gasteiger partial charge is 0.331 e. The summed E-state index contributed by atoms with van der Waals surface area (Å²) in [7, 11) is 4.23. The summed E-state index contributed by atoms with van der Waals surface area (Å²) < 4.78 is 2.29. The van der Waals surface area contributed by atoms with Crippen LogP contribution in [0, 0.1) is 5.92 Å². The molecule has 1 nitrogen and oxygen atoms in total. The first-order valence-electron chi connectivity index (χ1n) is 3.44. The Kier molecular flexibility index (Phi) is 4.72. The van der Waals surface area contributed by atoms with E-state index >= 15 is 0 Å². The van der Waals surface area contributed by atoms with Gasteiger partial charge in [-0.2, -0.15) is 0 Å². The highest BCUT2D eigenvalue weighted by atomic mass is 28.2. The number of hydrogen-bond donors (Lipinski definition) is 0. The lowest BCUT2D eigenvalue weighted by atomic mass is 10.2. The highest BCUT2D eigenvalue weighted by Crippen LogP contribution is 1.91. The first-order chi connectivity index (χ1) is 4.13. The molecule has 0 atom stereocenters. The summed E-state index contributed by atoms with van der Waals surface area (Å²) >= 11 is 0. The van der Waals surface area contributed by atoms with Gasteiger partial charge in [-0.25, -0.2) is 0 Å². The molecule has 0 fully saturated rings. The molecular formula is C7H17NSi. The number of nitrogens with zero attached hydrogens (tertiary/aromatic N) is 1. The lowest BCUT2D eigenvalue weighted by Crippen LogP contribution is -2.14. The van der Waals surface area contributed by atoms with E-state index < -0.39 is 0 Å². The third kappa shape index (κ3) is 7.92. The van der Waals surface area contributed by atoms with Gasteiger partial charge in [0.2, 0.25) is 0 Å². The van der Waals surface area contributed by atoms with Gasteiger partial charge in [0.25, 0.3) is 0 Å². The van der Waals surface area contributed by atoms with Gasteiger partial charge in [0.15, 0.2) is 0 Å². The van der Waals surface area contributed by atoms with Gasteiger partial charge in [0.05, 0.1) is 0 Å². The van der Waals surface area contributed by atoms with Crippen molar-refractivity contribution in [1.82, 2.24) is 4.57 Å². The Morgan fingerprint density at radius 2 is 1.89 bits per heavy atom. The van der Waals surface area contributed by atoms with Gasteiger partial charge in [0.1, 0.15) is 9.68 Å². The Balaban J connectivity index is 3.25. The van der Waals surface area contributed by atoms with Crippen LogP contribution in [0.1, 0.15) is 13.8 Å². The molecule has 2 heteroatoms. The standard InChI is InChI=1S/C7H17NSi/c1-7(2)5-6-9-8(3)4/h5-7H,9H2,1-4H3. The van der Waals surface area contributed by atoms with Crippen LogP contribution in [0.25, 0.3) is 0 Å². The van der Waals surface area contributed by atoms with Crippen molar-refractivity contribution in [2.75, 3.05) is 14.1 Å². The molecule has 0 aromatic rings. The van der Waals surface area contributed by atoms with E-state index in [-0.39, 0.29) is 9.68 Å². The van der Waals surface area contributed by atoms with Gasteiger partial charge in [-0.1, -0.05) is 25.6 Å². The maximum atomic E-state index is 2.34. The maximum Gasteiger partial charge on any atom is 0.118 e. The normalized spacial score (nSPS) is 13.6. The molecule has 9 heavy (non-hydrogen) atoms. The minimum atomic E-state index is -0.0439. The summed E-state index contributed by atoms with van der Waals surface area (Å²) in [5, 5.41) is 0. The fraction of sp³-hybridized carbons (Fsp3) is 0.714. The van der Waals surface area contributed by atoms with E-state index in [9.17, 15) is 0 Å². The molecule has 0 radical (unpaired) electrons. The van der Waals surface area contributed by atoms with Crippen LogP contribution in [0.5, 0.6) is 0 Å². The zero-order valence-electron chi connectivity index (χ0n) is 6.89. The molecular weight excluding hydrogens is 126 g/mol. The summed E-state index contributed by atoms with van der Waals surface area (Å²) in [6.07, 6.45) is 2.28. The Morgan fingerprint density at radius 1 is 1.33 bits per heavy atom. The lowest BCUT2D eigenvalue weighted by Gasteiger charge is -2.03. The van der Waals surface area contributed by atoms with E-state index in [1.807, 2.05) is 0 Å². The number of hydrogen-bond acceptors (Lipinski definition) is 1. The van der Waals surface area contributed by atoms with Gasteiger partial charge in [-0.05, 0) is 20.0 Å². The van der Waals surface area contributed by atoms with Crippen molar-refractivity contribution < 1.29 is 0 Å². The van der Waals surface area contributed by atoms with Crippen LogP contribution in [-0.4, -0.2) is 28.3 Å². The Labute approximate surface area is 60.7 Å². The molecule has 0 aromatic heterocycles. The molecule has 0 aliphatic heterocycles. The quantitative estimate of drug-likeness (QED) is 0.528. The first kappa shape index (κ1) is 8.92. The van der Waals surface area contributed by atoms with Gasteiger partial charge in [-0.15, -0.1) is 0 Å². The van der Waals surface area contributed by atoms with Gasteiger partial charge >= 0.3 is 0 Å². The van der Waals surface area contributed by atoms with E-state index in [0.29, 0.717) is 0 Å². The molecule has 0 N–H and O–H groups in total. The minimum Gasteiger partial charge on any atom is -0.331 e. The molecule has 0 unspecified atom stereocenters. The third-order valence-electron chi connectivity index (χ3n) is 0.992. The molecule has 0 aliphatic carbocycles. The molecule has 0 heterocycles. The molecule has 0 rings (SSSR count). The highest BCUT2D eigenvalue weighted by molar-refractivity contribution is 6.38. The van der Waals surface area contributed by atoms with Gasteiger partial charge in [-0.3, -0.25) is 0 Å². The zero-order chi connectivity index (χ0) is 7.28. The van der Waals surface area contributed by atoms with Crippen LogP contribution < -0.4 is 0 Å². The van der Waals surface area contributed by atoms with Crippen molar-refractivity contribution in [1.29, 1.82) is 0 Å². The minimum absolute atomic E-state index is 0.0439. The van der Waals surface area contributed by atoms with E-state index in [4.69, 9.17) is 0 Å². The molecule has 0 saturated heterocycles. The number of allylic oxidation sites excluding steroid dienone is 1. The molecule has 0 bridgehead atoms. The molecule has 0 aromatic carbocycles. The van der Waals surface area contributed by atoms with Gasteiger partial charge in [0, 0.05) is 0 Å². The van der Waals surface area contributed by atoms with Crippen molar-refractivity contribution >= 4 is 9.68 Å². The lowest BCUT2D eigenvalue weighted by molar-refractivity contribution is 0.667. The number of rotatable bonds is 3. The van der Waals surface area contributed by atoms with E-state index in [1.54, 1.807) is 0 Å². The molecule has 0 aliphatic rings. The summed E-state index contributed by atoms with van der Waals surface area (Å²) in [4.78, 5) is 0. The van der Waals surface area contributed by atoms with Crippen LogP contribution in [0.3, 0.4) is 0 Å².